The largest absolute Gasteiger partial charge is 0.507 e. The van der Waals surface area contributed by atoms with Crippen molar-refractivity contribution in [1.29, 1.82) is 0 Å². The number of phenolic OH excluding ortho intramolecular Hbond substituents is 2. The number of fused-ring (bicyclic) bond motifs is 1. The van der Waals surface area contributed by atoms with Gasteiger partial charge in [-0.1, -0.05) is 11.6 Å². The summed E-state index contributed by atoms with van der Waals surface area (Å²) in [7, 11) is 1.85. The molecule has 0 spiro atoms. The molecule has 31 heavy (non-hydrogen) atoms. The molecule has 2 unspecified atom stereocenters. The Labute approximate surface area is 181 Å². The quantitative estimate of drug-likeness (QED) is 0.482. The van der Waals surface area contributed by atoms with Crippen molar-refractivity contribution in [2.24, 2.45) is 0 Å². The first-order valence-corrected chi connectivity index (χ1v) is 9.97. The lowest BCUT2D eigenvalue weighted by atomic mass is 9.89. The zero-order valence-electron chi connectivity index (χ0n) is 16.5. The molecule has 1 fully saturated rings. The van der Waals surface area contributed by atoms with Gasteiger partial charge in [0, 0.05) is 35.2 Å². The normalized spacial score (nSPS) is 19.2. The number of rotatable bonds is 4. The number of aromatic carboxylic acids is 1. The van der Waals surface area contributed by atoms with Crippen LogP contribution in [0.2, 0.25) is 5.02 Å². The third-order valence-corrected chi connectivity index (χ3v) is 6.19. The first-order valence-electron chi connectivity index (χ1n) is 9.60. The number of nitrogens with zero attached hydrogens (tertiary/aromatic N) is 1. The molecule has 2 heterocycles. The molecule has 0 amide bonds. The van der Waals surface area contributed by atoms with Gasteiger partial charge >= 0.3 is 5.97 Å². The minimum absolute atomic E-state index is 0.00347. The highest BCUT2D eigenvalue weighted by Gasteiger charge is 2.36. The standard InChI is InChI=1S/C22H20ClNO7/c1-24-5-4-11(14(24)9-25)19-15(26)7-16(27)20-17(28)8-18(31-21(19)20)12-6-10(22(29)30)2-3-13(12)23/h2-3,6-8,11,14,25-27H,4-5,9H2,1H3,(H,29,30). The number of carboxylic acid groups (broad SMARTS) is 1. The molecular weight excluding hydrogens is 426 g/mol. The number of aliphatic hydroxyl groups is 1. The molecule has 1 aromatic heterocycles. The van der Waals surface area contributed by atoms with Gasteiger partial charge in [0.1, 0.15) is 28.2 Å². The summed E-state index contributed by atoms with van der Waals surface area (Å²) in [4.78, 5) is 26.2. The van der Waals surface area contributed by atoms with Crippen LogP contribution in [0.15, 0.2) is 39.5 Å². The number of carbonyl (C=O) groups is 1. The van der Waals surface area contributed by atoms with E-state index in [9.17, 15) is 30.0 Å². The number of phenols is 2. The monoisotopic (exact) mass is 445 g/mol. The van der Waals surface area contributed by atoms with Crippen molar-refractivity contribution in [3.05, 3.63) is 56.7 Å². The molecule has 0 radical (unpaired) electrons. The number of likely N-dealkylation sites (N-methyl/N-ethyl adjacent to an activating group) is 1. The highest BCUT2D eigenvalue weighted by molar-refractivity contribution is 6.33. The van der Waals surface area contributed by atoms with E-state index in [1.807, 2.05) is 11.9 Å². The molecule has 9 heteroatoms. The van der Waals surface area contributed by atoms with E-state index in [-0.39, 0.29) is 57.2 Å². The van der Waals surface area contributed by atoms with Crippen LogP contribution in [0.4, 0.5) is 0 Å². The van der Waals surface area contributed by atoms with Crippen LogP contribution in [-0.4, -0.2) is 57.5 Å². The molecule has 1 aliphatic rings. The van der Waals surface area contributed by atoms with Crippen molar-refractivity contribution in [3.8, 4) is 22.8 Å². The molecular formula is C22H20ClNO7. The van der Waals surface area contributed by atoms with Gasteiger partial charge in [0.2, 0.25) is 0 Å². The molecule has 4 rings (SSSR count). The number of benzene rings is 2. The Hall–Kier alpha value is -3.07. The summed E-state index contributed by atoms with van der Waals surface area (Å²) < 4.78 is 5.98. The molecule has 0 aliphatic carbocycles. The van der Waals surface area contributed by atoms with Crippen LogP contribution in [0.1, 0.15) is 28.3 Å². The summed E-state index contributed by atoms with van der Waals surface area (Å²) in [5.74, 6) is -2.21. The van der Waals surface area contributed by atoms with Crippen molar-refractivity contribution >= 4 is 28.5 Å². The van der Waals surface area contributed by atoms with Crippen molar-refractivity contribution in [1.82, 2.24) is 4.90 Å². The molecule has 4 N–H and O–H groups in total. The number of halogens is 1. The number of hydrogen-bond acceptors (Lipinski definition) is 7. The average Bonchev–Trinajstić information content (AvgIpc) is 3.07. The van der Waals surface area contributed by atoms with E-state index >= 15 is 0 Å². The maximum atomic E-state index is 12.9. The van der Waals surface area contributed by atoms with E-state index in [1.165, 1.54) is 18.2 Å². The molecule has 162 valence electrons. The second kappa shape index (κ2) is 7.88. The van der Waals surface area contributed by atoms with Crippen LogP contribution >= 0.6 is 11.6 Å². The Morgan fingerprint density at radius 2 is 1.97 bits per heavy atom. The van der Waals surface area contributed by atoms with Gasteiger partial charge < -0.3 is 29.7 Å². The van der Waals surface area contributed by atoms with E-state index < -0.39 is 17.1 Å². The first kappa shape index (κ1) is 21.2. The molecule has 1 aliphatic heterocycles. The van der Waals surface area contributed by atoms with Crippen molar-refractivity contribution < 1.29 is 29.6 Å². The minimum atomic E-state index is -1.17. The summed E-state index contributed by atoms with van der Waals surface area (Å²) in [5.41, 5.74) is -0.134. The topological polar surface area (TPSA) is 131 Å². The summed E-state index contributed by atoms with van der Waals surface area (Å²) in [6.45, 7) is 0.494. The molecule has 3 aromatic rings. The lowest BCUT2D eigenvalue weighted by molar-refractivity contribution is 0.0697. The Bertz CT molecular complexity index is 1250. The molecule has 2 aromatic carbocycles. The van der Waals surface area contributed by atoms with Gasteiger partial charge in [-0.15, -0.1) is 0 Å². The van der Waals surface area contributed by atoms with Crippen LogP contribution in [0, 0.1) is 0 Å². The van der Waals surface area contributed by atoms with Gasteiger partial charge in [0.15, 0.2) is 5.43 Å². The predicted molar refractivity (Wildman–Crippen MR) is 114 cm³/mol. The van der Waals surface area contributed by atoms with E-state index in [4.69, 9.17) is 16.0 Å². The summed E-state index contributed by atoms with van der Waals surface area (Å²) >= 11 is 6.24. The van der Waals surface area contributed by atoms with Crippen LogP contribution < -0.4 is 5.43 Å². The molecule has 0 bridgehead atoms. The Morgan fingerprint density at radius 3 is 2.65 bits per heavy atom. The van der Waals surface area contributed by atoms with Crippen molar-refractivity contribution in [3.63, 3.8) is 0 Å². The van der Waals surface area contributed by atoms with Gasteiger partial charge in [-0.2, -0.15) is 0 Å². The van der Waals surface area contributed by atoms with Crippen LogP contribution in [0.3, 0.4) is 0 Å². The van der Waals surface area contributed by atoms with Gasteiger partial charge in [-0.3, -0.25) is 4.79 Å². The highest BCUT2D eigenvalue weighted by atomic mass is 35.5. The van der Waals surface area contributed by atoms with Gasteiger partial charge in [0.25, 0.3) is 0 Å². The minimum Gasteiger partial charge on any atom is -0.507 e. The van der Waals surface area contributed by atoms with E-state index in [0.717, 1.165) is 12.1 Å². The maximum Gasteiger partial charge on any atom is 0.335 e. The molecule has 1 saturated heterocycles. The zero-order chi connectivity index (χ0) is 22.4. The maximum absolute atomic E-state index is 12.9. The predicted octanol–water partition coefficient (Wildman–Crippen LogP) is 3.00. The van der Waals surface area contributed by atoms with Gasteiger partial charge in [-0.05, 0) is 38.2 Å². The second-order valence-corrected chi connectivity index (χ2v) is 8.04. The Kier molecular flexibility index (Phi) is 5.38. The third-order valence-electron chi connectivity index (χ3n) is 5.86. The molecule has 8 nitrogen and oxygen atoms in total. The summed E-state index contributed by atoms with van der Waals surface area (Å²) in [6, 6.07) is 5.91. The molecule has 2 atom stereocenters. The van der Waals surface area contributed by atoms with E-state index in [0.29, 0.717) is 18.5 Å². The van der Waals surface area contributed by atoms with Gasteiger partial charge in [0.05, 0.1) is 17.2 Å². The van der Waals surface area contributed by atoms with E-state index in [1.54, 1.807) is 0 Å². The fraction of sp³-hybridized carbons (Fsp3) is 0.273. The van der Waals surface area contributed by atoms with E-state index in [2.05, 4.69) is 0 Å². The second-order valence-electron chi connectivity index (χ2n) is 7.63. The Morgan fingerprint density at radius 1 is 1.23 bits per heavy atom. The number of likely N-dealkylation sites (tertiary alicyclic amines) is 1. The van der Waals surface area contributed by atoms with Crippen molar-refractivity contribution in [2.45, 2.75) is 18.4 Å². The fourth-order valence-corrected chi connectivity index (χ4v) is 4.48. The SMILES string of the molecule is CN1CCC(c2c(O)cc(O)c3c(=O)cc(-c4cc(C(=O)O)ccc4Cl)oc23)C1CO. The Balaban J connectivity index is 2.02. The average molecular weight is 446 g/mol. The van der Waals surface area contributed by atoms with Crippen molar-refractivity contribution in [2.75, 3.05) is 20.2 Å². The lowest BCUT2D eigenvalue weighted by Crippen LogP contribution is -2.32. The van der Waals surface area contributed by atoms with Crippen LogP contribution in [0.5, 0.6) is 11.5 Å². The van der Waals surface area contributed by atoms with Gasteiger partial charge in [-0.25, -0.2) is 4.79 Å². The zero-order valence-corrected chi connectivity index (χ0v) is 17.3. The van der Waals surface area contributed by atoms with Crippen LogP contribution in [-0.2, 0) is 0 Å². The lowest BCUT2D eigenvalue weighted by Gasteiger charge is -2.24. The summed E-state index contributed by atoms with van der Waals surface area (Å²) in [6.07, 6.45) is 0.596. The highest BCUT2D eigenvalue weighted by Crippen LogP contribution is 2.44. The number of carboxylic acids is 1. The fourth-order valence-electron chi connectivity index (χ4n) is 4.27. The first-order chi connectivity index (χ1) is 14.7. The molecule has 0 saturated carbocycles. The smallest absolute Gasteiger partial charge is 0.335 e. The number of aromatic hydroxyl groups is 2. The van der Waals surface area contributed by atoms with Crippen LogP contribution in [0.25, 0.3) is 22.3 Å². The third kappa shape index (κ3) is 3.52. The number of aliphatic hydroxyl groups excluding tert-OH is 1. The summed E-state index contributed by atoms with van der Waals surface area (Å²) in [5, 5.41) is 40.2. The number of hydrogen-bond donors (Lipinski definition) is 4.